The van der Waals surface area contributed by atoms with Gasteiger partial charge in [-0.05, 0) is 0 Å². The van der Waals surface area contributed by atoms with E-state index >= 15 is 0 Å². The van der Waals surface area contributed by atoms with E-state index in [1.807, 2.05) is 0 Å². The molecule has 7 heteroatoms. The van der Waals surface area contributed by atoms with Gasteiger partial charge in [-0.3, -0.25) is 9.69 Å². The molecule has 0 radical (unpaired) electrons. The number of carboxylic acids is 2. The van der Waals surface area contributed by atoms with Crippen molar-refractivity contribution in [1.29, 1.82) is 0 Å². The van der Waals surface area contributed by atoms with Crippen molar-refractivity contribution < 1.29 is 24.5 Å². The molecule has 0 bridgehead atoms. The predicted octanol–water partition coefficient (Wildman–Crippen LogP) is -1.57. The summed E-state index contributed by atoms with van der Waals surface area (Å²) in [6, 6.07) is 0. The molecule has 0 aromatic carbocycles. The third-order valence-corrected chi connectivity index (χ3v) is 1.58. The fourth-order valence-corrected chi connectivity index (χ4v) is 0.997. The molecule has 0 unspecified atom stereocenters. The van der Waals surface area contributed by atoms with Crippen molar-refractivity contribution in [3.8, 4) is 0 Å². The number of hydrogen-bond acceptors (Lipinski definition) is 5. The predicted molar refractivity (Wildman–Crippen MR) is 51.6 cm³/mol. The second-order valence-corrected chi connectivity index (χ2v) is 2.90. The van der Waals surface area contributed by atoms with E-state index in [4.69, 9.17) is 20.7 Å². The molecule has 0 aliphatic carbocycles. The smallest absolute Gasteiger partial charge is 0.329 e. The number of hydrogen-bond donors (Lipinski definition) is 3. The number of ether oxygens (including phenoxy) is 1. The van der Waals surface area contributed by atoms with Crippen LogP contribution in [0.2, 0.25) is 0 Å². The SMILES string of the molecule is NCCN(CCOCC(=O)O)CC(=O)O. The van der Waals surface area contributed by atoms with Gasteiger partial charge in [-0.25, -0.2) is 4.79 Å². The van der Waals surface area contributed by atoms with Gasteiger partial charge in [0, 0.05) is 19.6 Å². The zero-order chi connectivity index (χ0) is 11.7. The lowest BCUT2D eigenvalue weighted by atomic mass is 10.4. The van der Waals surface area contributed by atoms with Crippen LogP contribution in [-0.2, 0) is 14.3 Å². The first kappa shape index (κ1) is 13.8. The summed E-state index contributed by atoms with van der Waals surface area (Å²) in [7, 11) is 0. The highest BCUT2D eigenvalue weighted by atomic mass is 16.5. The van der Waals surface area contributed by atoms with Gasteiger partial charge in [0.15, 0.2) is 0 Å². The van der Waals surface area contributed by atoms with E-state index in [9.17, 15) is 9.59 Å². The Balaban J connectivity index is 3.65. The lowest BCUT2D eigenvalue weighted by Crippen LogP contribution is -2.36. The number of carbonyl (C=O) groups is 2. The molecule has 0 atom stereocenters. The van der Waals surface area contributed by atoms with Crippen LogP contribution in [0, 0.1) is 0 Å². The average molecular weight is 220 g/mol. The molecule has 0 aliphatic rings. The third kappa shape index (κ3) is 9.13. The molecular formula is C8H16N2O5. The minimum absolute atomic E-state index is 0.117. The van der Waals surface area contributed by atoms with Gasteiger partial charge in [0.25, 0.3) is 0 Å². The molecule has 0 amide bonds. The molecule has 15 heavy (non-hydrogen) atoms. The van der Waals surface area contributed by atoms with Gasteiger partial charge in [-0.15, -0.1) is 0 Å². The highest BCUT2D eigenvalue weighted by Crippen LogP contribution is 1.88. The van der Waals surface area contributed by atoms with E-state index in [2.05, 4.69) is 0 Å². The first-order chi connectivity index (χ1) is 7.06. The number of nitrogens with zero attached hydrogens (tertiary/aromatic N) is 1. The van der Waals surface area contributed by atoms with Gasteiger partial charge in [0.1, 0.15) is 6.61 Å². The second kappa shape index (κ2) is 8.16. The molecule has 0 aliphatic heterocycles. The van der Waals surface area contributed by atoms with Gasteiger partial charge < -0.3 is 20.7 Å². The number of aliphatic carboxylic acids is 2. The minimum atomic E-state index is -1.04. The van der Waals surface area contributed by atoms with Gasteiger partial charge in [-0.1, -0.05) is 0 Å². The van der Waals surface area contributed by atoms with Crippen molar-refractivity contribution in [3.05, 3.63) is 0 Å². The summed E-state index contributed by atoms with van der Waals surface area (Å²) in [4.78, 5) is 22.1. The summed E-state index contributed by atoms with van der Waals surface area (Å²) in [5.41, 5.74) is 5.29. The van der Waals surface area contributed by atoms with Gasteiger partial charge >= 0.3 is 11.9 Å². The van der Waals surface area contributed by atoms with Crippen molar-refractivity contribution in [3.63, 3.8) is 0 Å². The highest BCUT2D eigenvalue weighted by Gasteiger charge is 2.08. The quantitative estimate of drug-likeness (QED) is 0.402. The highest BCUT2D eigenvalue weighted by molar-refractivity contribution is 5.69. The van der Waals surface area contributed by atoms with E-state index < -0.39 is 11.9 Å². The molecular weight excluding hydrogens is 204 g/mol. The van der Waals surface area contributed by atoms with Crippen molar-refractivity contribution in [1.82, 2.24) is 4.90 Å². The van der Waals surface area contributed by atoms with E-state index in [0.717, 1.165) is 0 Å². The molecule has 0 spiro atoms. The Morgan fingerprint density at radius 3 is 2.33 bits per heavy atom. The Morgan fingerprint density at radius 1 is 1.20 bits per heavy atom. The fraction of sp³-hybridized carbons (Fsp3) is 0.750. The van der Waals surface area contributed by atoms with E-state index in [0.29, 0.717) is 19.6 Å². The van der Waals surface area contributed by atoms with Crippen LogP contribution in [0.4, 0.5) is 0 Å². The van der Waals surface area contributed by atoms with Crippen LogP contribution in [0.5, 0.6) is 0 Å². The molecule has 88 valence electrons. The van der Waals surface area contributed by atoms with Crippen molar-refractivity contribution >= 4 is 11.9 Å². The van der Waals surface area contributed by atoms with E-state index in [1.54, 1.807) is 4.90 Å². The Hall–Kier alpha value is -1.18. The maximum atomic E-state index is 10.4. The van der Waals surface area contributed by atoms with Crippen LogP contribution >= 0.6 is 0 Å². The molecule has 0 saturated heterocycles. The molecule has 0 aromatic heterocycles. The summed E-state index contributed by atoms with van der Waals surface area (Å²) in [5.74, 6) is -1.99. The van der Waals surface area contributed by atoms with Gasteiger partial charge in [0.2, 0.25) is 0 Å². The van der Waals surface area contributed by atoms with E-state index in [-0.39, 0.29) is 19.8 Å². The summed E-state index contributed by atoms with van der Waals surface area (Å²) in [6.07, 6.45) is 0. The van der Waals surface area contributed by atoms with Gasteiger partial charge in [0.05, 0.1) is 13.2 Å². The Kier molecular flexibility index (Phi) is 7.51. The Labute approximate surface area is 87.4 Å². The molecule has 0 fully saturated rings. The zero-order valence-electron chi connectivity index (χ0n) is 8.39. The normalized spacial score (nSPS) is 10.5. The first-order valence-electron chi connectivity index (χ1n) is 4.50. The maximum Gasteiger partial charge on any atom is 0.329 e. The number of carboxylic acid groups (broad SMARTS) is 2. The molecule has 0 aromatic rings. The summed E-state index contributed by atoms with van der Waals surface area (Å²) in [6.45, 7) is 0.850. The Morgan fingerprint density at radius 2 is 1.87 bits per heavy atom. The summed E-state index contributed by atoms with van der Waals surface area (Å²) in [5, 5.41) is 16.8. The van der Waals surface area contributed by atoms with Crippen LogP contribution < -0.4 is 5.73 Å². The summed E-state index contributed by atoms with van der Waals surface area (Å²) >= 11 is 0. The third-order valence-electron chi connectivity index (χ3n) is 1.58. The maximum absolute atomic E-state index is 10.4. The van der Waals surface area contributed by atoms with Crippen molar-refractivity contribution in [2.45, 2.75) is 0 Å². The van der Waals surface area contributed by atoms with Crippen molar-refractivity contribution in [2.75, 3.05) is 39.4 Å². The zero-order valence-corrected chi connectivity index (χ0v) is 8.39. The second-order valence-electron chi connectivity index (χ2n) is 2.90. The van der Waals surface area contributed by atoms with Gasteiger partial charge in [-0.2, -0.15) is 0 Å². The number of nitrogens with two attached hydrogens (primary N) is 1. The van der Waals surface area contributed by atoms with Crippen molar-refractivity contribution in [2.24, 2.45) is 5.73 Å². The van der Waals surface area contributed by atoms with Crippen LogP contribution in [0.25, 0.3) is 0 Å². The largest absolute Gasteiger partial charge is 0.480 e. The van der Waals surface area contributed by atoms with Crippen LogP contribution in [0.15, 0.2) is 0 Å². The number of rotatable bonds is 9. The standard InChI is InChI=1S/C8H16N2O5/c9-1-2-10(5-7(11)12)3-4-15-6-8(13)14/h1-6,9H2,(H,11,12)(H,13,14). The lowest BCUT2D eigenvalue weighted by molar-refractivity contribution is -0.143. The molecule has 7 nitrogen and oxygen atoms in total. The fourth-order valence-electron chi connectivity index (χ4n) is 0.997. The van der Waals surface area contributed by atoms with E-state index in [1.165, 1.54) is 0 Å². The molecule has 0 rings (SSSR count). The van der Waals surface area contributed by atoms with Crippen LogP contribution in [0.1, 0.15) is 0 Å². The average Bonchev–Trinajstić information content (AvgIpc) is 2.11. The lowest BCUT2D eigenvalue weighted by Gasteiger charge is -2.18. The topological polar surface area (TPSA) is 113 Å². The Bertz CT molecular complexity index is 209. The molecule has 0 saturated carbocycles. The molecule has 4 N–H and O–H groups in total. The molecule has 0 heterocycles. The summed E-state index contributed by atoms with van der Waals surface area (Å²) < 4.78 is 4.78. The minimum Gasteiger partial charge on any atom is -0.480 e. The van der Waals surface area contributed by atoms with Crippen LogP contribution in [-0.4, -0.2) is 66.4 Å². The first-order valence-corrected chi connectivity index (χ1v) is 4.50. The monoisotopic (exact) mass is 220 g/mol. The van der Waals surface area contributed by atoms with Crippen LogP contribution in [0.3, 0.4) is 0 Å².